The van der Waals surface area contributed by atoms with Crippen molar-refractivity contribution in [2.45, 2.75) is 52.5 Å². The smallest absolute Gasteiger partial charge is 0.338 e. The van der Waals surface area contributed by atoms with Gasteiger partial charge in [-0.1, -0.05) is 13.8 Å². The van der Waals surface area contributed by atoms with Gasteiger partial charge < -0.3 is 10.1 Å². The second-order valence-corrected chi connectivity index (χ2v) is 7.35. The highest BCUT2D eigenvalue weighted by atomic mass is 79.9. The Morgan fingerprint density at radius 3 is 2.62 bits per heavy atom. The Morgan fingerprint density at radius 1 is 1.38 bits per heavy atom. The maximum absolute atomic E-state index is 11.7. The van der Waals surface area contributed by atoms with E-state index >= 15 is 0 Å². The maximum atomic E-state index is 11.7. The fourth-order valence-corrected chi connectivity index (χ4v) is 3.23. The van der Waals surface area contributed by atoms with Crippen LogP contribution in [0.15, 0.2) is 22.7 Å². The summed E-state index contributed by atoms with van der Waals surface area (Å²) in [5, 5.41) is 3.59. The third-order valence-electron chi connectivity index (χ3n) is 4.18. The summed E-state index contributed by atoms with van der Waals surface area (Å²) in [7, 11) is 0. The Morgan fingerprint density at radius 2 is 2.05 bits per heavy atom. The Hall–Kier alpha value is -1.03. The molecule has 1 aliphatic rings. The number of rotatable bonds is 4. The van der Waals surface area contributed by atoms with E-state index in [4.69, 9.17) is 4.74 Å². The van der Waals surface area contributed by atoms with E-state index in [-0.39, 0.29) is 5.97 Å². The average Bonchev–Trinajstić information content (AvgIpc) is 2.43. The summed E-state index contributed by atoms with van der Waals surface area (Å²) in [6.07, 6.45) is 4.89. The molecule has 1 N–H and O–H groups in total. The lowest BCUT2D eigenvalue weighted by Crippen LogP contribution is -2.29. The second-order valence-electron chi connectivity index (χ2n) is 6.50. The van der Waals surface area contributed by atoms with Gasteiger partial charge in [0.1, 0.15) is 0 Å². The van der Waals surface area contributed by atoms with E-state index in [0.717, 1.165) is 10.2 Å². The first kappa shape index (κ1) is 16.3. The van der Waals surface area contributed by atoms with E-state index in [9.17, 15) is 4.79 Å². The van der Waals surface area contributed by atoms with Crippen LogP contribution in [0.2, 0.25) is 0 Å². The number of benzene rings is 1. The maximum Gasteiger partial charge on any atom is 0.338 e. The van der Waals surface area contributed by atoms with Gasteiger partial charge in [0.2, 0.25) is 0 Å². The zero-order chi connectivity index (χ0) is 15.5. The van der Waals surface area contributed by atoms with Crippen molar-refractivity contribution in [1.82, 2.24) is 0 Å². The van der Waals surface area contributed by atoms with Gasteiger partial charge in [0, 0.05) is 16.2 Å². The lowest BCUT2D eigenvalue weighted by molar-refractivity contribution is 0.0526. The van der Waals surface area contributed by atoms with Crippen molar-refractivity contribution >= 4 is 27.6 Å². The van der Waals surface area contributed by atoms with Crippen molar-refractivity contribution < 1.29 is 9.53 Å². The van der Waals surface area contributed by atoms with Crippen LogP contribution in [0.25, 0.3) is 0 Å². The number of esters is 1. The summed E-state index contributed by atoms with van der Waals surface area (Å²) < 4.78 is 5.93. The summed E-state index contributed by atoms with van der Waals surface area (Å²) in [5.41, 5.74) is 2.11. The molecule has 116 valence electrons. The van der Waals surface area contributed by atoms with E-state index in [1.165, 1.54) is 25.7 Å². The molecule has 1 fully saturated rings. The average molecular weight is 354 g/mol. The Labute approximate surface area is 135 Å². The third kappa shape index (κ3) is 4.47. The summed E-state index contributed by atoms with van der Waals surface area (Å²) in [6, 6.07) is 6.11. The van der Waals surface area contributed by atoms with Gasteiger partial charge in [0.05, 0.1) is 12.2 Å². The van der Waals surface area contributed by atoms with E-state index < -0.39 is 0 Å². The first-order valence-corrected chi connectivity index (χ1v) is 8.44. The molecule has 0 radical (unpaired) electrons. The number of nitrogens with one attached hydrogen (secondary N) is 1. The summed E-state index contributed by atoms with van der Waals surface area (Å²) >= 11 is 3.55. The van der Waals surface area contributed by atoms with Crippen LogP contribution in [0.3, 0.4) is 0 Å². The van der Waals surface area contributed by atoms with Crippen LogP contribution in [-0.4, -0.2) is 18.6 Å². The van der Waals surface area contributed by atoms with Gasteiger partial charge in [0.25, 0.3) is 0 Å². The molecule has 0 amide bonds. The predicted octanol–water partition coefficient (Wildman–Crippen LogP) is 5.01. The fraction of sp³-hybridized carbons (Fsp3) is 0.588. The third-order valence-corrected chi connectivity index (χ3v) is 4.84. The topological polar surface area (TPSA) is 38.3 Å². The lowest BCUT2D eigenvalue weighted by Gasteiger charge is -2.35. The van der Waals surface area contributed by atoms with Crippen molar-refractivity contribution in [2.24, 2.45) is 5.41 Å². The molecule has 0 saturated heterocycles. The molecule has 0 bridgehead atoms. The molecule has 0 aromatic heterocycles. The van der Waals surface area contributed by atoms with Gasteiger partial charge in [0.15, 0.2) is 0 Å². The zero-order valence-electron chi connectivity index (χ0n) is 13.0. The minimum absolute atomic E-state index is 0.274. The lowest BCUT2D eigenvalue weighted by atomic mass is 9.75. The number of carbonyl (C=O) groups is 1. The molecule has 4 heteroatoms. The number of hydrogen-bond donors (Lipinski definition) is 1. The van der Waals surface area contributed by atoms with Crippen LogP contribution in [0.1, 0.15) is 56.8 Å². The number of anilines is 1. The Bertz CT molecular complexity index is 504. The van der Waals surface area contributed by atoms with Crippen LogP contribution >= 0.6 is 15.9 Å². The van der Waals surface area contributed by atoms with Gasteiger partial charge in [-0.2, -0.15) is 0 Å². The molecule has 1 saturated carbocycles. The molecule has 3 nitrogen and oxygen atoms in total. The van der Waals surface area contributed by atoms with E-state index in [0.29, 0.717) is 23.6 Å². The van der Waals surface area contributed by atoms with Crippen LogP contribution in [0.4, 0.5) is 5.69 Å². The van der Waals surface area contributed by atoms with Gasteiger partial charge in [-0.25, -0.2) is 4.79 Å². The zero-order valence-corrected chi connectivity index (χ0v) is 14.6. The molecule has 2 rings (SSSR count). The first-order valence-electron chi connectivity index (χ1n) is 7.64. The molecule has 1 aromatic rings. The highest BCUT2D eigenvalue weighted by Gasteiger charge is 2.26. The summed E-state index contributed by atoms with van der Waals surface area (Å²) in [5.74, 6) is -0.274. The van der Waals surface area contributed by atoms with Crippen LogP contribution in [0, 0.1) is 5.41 Å². The molecule has 0 aliphatic heterocycles. The summed E-state index contributed by atoms with van der Waals surface area (Å²) in [6.45, 7) is 6.89. The molecule has 1 aliphatic carbocycles. The SMILES string of the molecule is CCOC(=O)c1ccc(NC2CCC(C)(C)CC2)c(Br)c1. The second kappa shape index (κ2) is 6.82. The quantitative estimate of drug-likeness (QED) is 0.773. The number of halogens is 1. The van der Waals surface area contributed by atoms with Crippen LogP contribution < -0.4 is 5.32 Å². The Balaban J connectivity index is 2.00. The van der Waals surface area contributed by atoms with Crippen molar-refractivity contribution in [1.29, 1.82) is 0 Å². The molecule has 0 unspecified atom stereocenters. The monoisotopic (exact) mass is 353 g/mol. The highest BCUT2D eigenvalue weighted by Crippen LogP contribution is 2.37. The van der Waals surface area contributed by atoms with E-state index in [1.807, 2.05) is 25.1 Å². The standard InChI is InChI=1S/C17H24BrNO2/c1-4-21-16(20)12-5-6-15(14(18)11-12)19-13-7-9-17(2,3)10-8-13/h5-6,11,13,19H,4,7-10H2,1-3H3. The minimum atomic E-state index is -0.274. The van der Waals surface area contributed by atoms with Gasteiger partial charge in [-0.3, -0.25) is 0 Å². The van der Waals surface area contributed by atoms with Crippen LogP contribution in [-0.2, 0) is 4.74 Å². The van der Waals surface area contributed by atoms with Gasteiger partial charge in [-0.05, 0) is 72.2 Å². The fourth-order valence-electron chi connectivity index (χ4n) is 2.74. The molecule has 0 atom stereocenters. The molecule has 0 spiro atoms. The molecule has 1 aromatic carbocycles. The van der Waals surface area contributed by atoms with Crippen molar-refractivity contribution in [3.05, 3.63) is 28.2 Å². The number of carbonyl (C=O) groups excluding carboxylic acids is 1. The molecular formula is C17H24BrNO2. The summed E-state index contributed by atoms with van der Waals surface area (Å²) in [4.78, 5) is 11.7. The van der Waals surface area contributed by atoms with E-state index in [2.05, 4.69) is 35.1 Å². The minimum Gasteiger partial charge on any atom is -0.462 e. The van der Waals surface area contributed by atoms with Gasteiger partial charge >= 0.3 is 5.97 Å². The molecular weight excluding hydrogens is 330 g/mol. The highest BCUT2D eigenvalue weighted by molar-refractivity contribution is 9.10. The molecule has 21 heavy (non-hydrogen) atoms. The van der Waals surface area contributed by atoms with E-state index in [1.54, 1.807) is 0 Å². The van der Waals surface area contributed by atoms with Gasteiger partial charge in [-0.15, -0.1) is 0 Å². The Kier molecular flexibility index (Phi) is 5.31. The predicted molar refractivity (Wildman–Crippen MR) is 89.8 cm³/mol. The van der Waals surface area contributed by atoms with Crippen LogP contribution in [0.5, 0.6) is 0 Å². The largest absolute Gasteiger partial charge is 0.462 e. The number of ether oxygens (including phenoxy) is 1. The van der Waals surface area contributed by atoms with Crippen molar-refractivity contribution in [3.63, 3.8) is 0 Å². The molecule has 0 heterocycles. The first-order chi connectivity index (χ1) is 9.91. The van der Waals surface area contributed by atoms with Crippen molar-refractivity contribution in [3.8, 4) is 0 Å². The van der Waals surface area contributed by atoms with Crippen molar-refractivity contribution in [2.75, 3.05) is 11.9 Å². The number of hydrogen-bond acceptors (Lipinski definition) is 3. The normalized spacial score (nSPS) is 18.3.